The summed E-state index contributed by atoms with van der Waals surface area (Å²) in [5, 5.41) is 10.5. The van der Waals surface area contributed by atoms with Crippen molar-refractivity contribution in [3.05, 3.63) is 35.1 Å². The van der Waals surface area contributed by atoms with Crippen LogP contribution in [0.4, 0.5) is 5.82 Å². The highest BCUT2D eigenvalue weighted by molar-refractivity contribution is 5.29. The number of aromatic amines is 1. The second-order valence-electron chi connectivity index (χ2n) is 3.21. The second-order valence-corrected chi connectivity index (χ2v) is 3.21. The van der Waals surface area contributed by atoms with Gasteiger partial charge in [-0.15, -0.1) is 5.10 Å². The Morgan fingerprint density at radius 2 is 2.38 bits per heavy atom. The van der Waals surface area contributed by atoms with Gasteiger partial charge in [0.05, 0.1) is 6.20 Å². The minimum atomic E-state index is -0.205. The average molecular weight is 220 g/mol. The Morgan fingerprint density at radius 1 is 1.44 bits per heavy atom. The summed E-state index contributed by atoms with van der Waals surface area (Å²) < 4.78 is 1.74. The molecule has 84 valence electrons. The molecule has 7 nitrogen and oxygen atoms in total. The van der Waals surface area contributed by atoms with Gasteiger partial charge in [0.1, 0.15) is 0 Å². The maximum Gasteiger partial charge on any atom is 0.290 e. The fourth-order valence-corrected chi connectivity index (χ4v) is 1.28. The van der Waals surface area contributed by atoms with Crippen LogP contribution in [0.1, 0.15) is 6.42 Å². The van der Waals surface area contributed by atoms with Crippen LogP contribution in [0.3, 0.4) is 0 Å². The van der Waals surface area contributed by atoms with E-state index in [1.165, 1.54) is 6.20 Å². The van der Waals surface area contributed by atoms with Gasteiger partial charge in [0, 0.05) is 31.7 Å². The van der Waals surface area contributed by atoms with Crippen LogP contribution in [-0.2, 0) is 6.54 Å². The van der Waals surface area contributed by atoms with E-state index < -0.39 is 0 Å². The van der Waals surface area contributed by atoms with E-state index in [2.05, 4.69) is 25.6 Å². The van der Waals surface area contributed by atoms with Gasteiger partial charge in [0.25, 0.3) is 5.56 Å². The molecule has 0 amide bonds. The van der Waals surface area contributed by atoms with Crippen molar-refractivity contribution < 1.29 is 0 Å². The summed E-state index contributed by atoms with van der Waals surface area (Å²) >= 11 is 0. The van der Waals surface area contributed by atoms with Crippen molar-refractivity contribution in [3.8, 4) is 0 Å². The molecule has 0 saturated carbocycles. The van der Waals surface area contributed by atoms with Crippen LogP contribution >= 0.6 is 0 Å². The monoisotopic (exact) mass is 220 g/mol. The molecule has 0 aliphatic rings. The fourth-order valence-electron chi connectivity index (χ4n) is 1.28. The molecule has 0 atom stereocenters. The summed E-state index contributed by atoms with van der Waals surface area (Å²) in [6.45, 7) is 1.43. The zero-order chi connectivity index (χ0) is 11.2. The number of nitrogens with zero attached hydrogens (tertiary/aromatic N) is 4. The molecule has 2 heterocycles. The van der Waals surface area contributed by atoms with Gasteiger partial charge in [-0.05, 0) is 6.42 Å². The first-order chi connectivity index (χ1) is 7.86. The first-order valence-electron chi connectivity index (χ1n) is 4.98. The predicted molar refractivity (Wildman–Crippen MR) is 58.0 cm³/mol. The van der Waals surface area contributed by atoms with Crippen LogP contribution in [-0.4, -0.2) is 31.5 Å². The maximum absolute atomic E-state index is 11.2. The summed E-state index contributed by atoms with van der Waals surface area (Å²) in [5.41, 5.74) is -0.205. The Balaban J connectivity index is 1.76. The van der Waals surface area contributed by atoms with E-state index in [-0.39, 0.29) is 5.56 Å². The van der Waals surface area contributed by atoms with Crippen molar-refractivity contribution in [2.24, 2.45) is 0 Å². The molecular formula is C9H12N6O. The van der Waals surface area contributed by atoms with Gasteiger partial charge in [0.15, 0.2) is 5.82 Å². The maximum atomic E-state index is 11.2. The van der Waals surface area contributed by atoms with Crippen LogP contribution in [0, 0.1) is 0 Å². The highest BCUT2D eigenvalue weighted by Gasteiger charge is 1.98. The number of aryl methyl sites for hydroxylation is 1. The van der Waals surface area contributed by atoms with Crippen molar-refractivity contribution in [1.29, 1.82) is 0 Å². The molecule has 0 saturated heterocycles. The Hall–Kier alpha value is -2.18. The first-order valence-corrected chi connectivity index (χ1v) is 4.98. The number of aromatic nitrogens is 5. The van der Waals surface area contributed by atoms with E-state index in [1.807, 2.05) is 0 Å². The van der Waals surface area contributed by atoms with E-state index in [0.717, 1.165) is 13.0 Å². The standard InChI is InChI=1S/C9H12N6O/c16-9-8(11-3-4-12-9)10-2-1-6-15-7-5-13-14-15/h3-5,7H,1-2,6H2,(H,10,11)(H,12,16). The molecule has 0 unspecified atom stereocenters. The average Bonchev–Trinajstić information content (AvgIpc) is 2.79. The molecular weight excluding hydrogens is 208 g/mol. The summed E-state index contributed by atoms with van der Waals surface area (Å²) in [7, 11) is 0. The number of rotatable bonds is 5. The van der Waals surface area contributed by atoms with Crippen LogP contribution in [0.5, 0.6) is 0 Å². The number of nitrogens with one attached hydrogen (secondary N) is 2. The first kappa shape index (κ1) is 10.3. The highest BCUT2D eigenvalue weighted by atomic mass is 16.1. The quantitative estimate of drug-likeness (QED) is 0.685. The number of hydrogen-bond acceptors (Lipinski definition) is 5. The number of H-pyrrole nitrogens is 1. The fraction of sp³-hybridized carbons (Fsp3) is 0.333. The largest absolute Gasteiger partial charge is 0.365 e. The lowest BCUT2D eigenvalue weighted by Gasteiger charge is -2.03. The molecule has 2 N–H and O–H groups in total. The van der Waals surface area contributed by atoms with Gasteiger partial charge in [-0.3, -0.25) is 9.48 Å². The Morgan fingerprint density at radius 3 is 3.12 bits per heavy atom. The molecule has 2 aromatic heterocycles. The lowest BCUT2D eigenvalue weighted by atomic mass is 10.4. The van der Waals surface area contributed by atoms with Gasteiger partial charge >= 0.3 is 0 Å². The second kappa shape index (κ2) is 5.06. The van der Waals surface area contributed by atoms with Crippen molar-refractivity contribution in [1.82, 2.24) is 25.0 Å². The van der Waals surface area contributed by atoms with Gasteiger partial charge in [0.2, 0.25) is 0 Å². The van der Waals surface area contributed by atoms with E-state index in [4.69, 9.17) is 0 Å². The zero-order valence-corrected chi connectivity index (χ0v) is 8.63. The smallest absolute Gasteiger partial charge is 0.290 e. The molecule has 2 rings (SSSR count). The Bertz CT molecular complexity index is 477. The third-order valence-corrected chi connectivity index (χ3v) is 2.04. The number of hydrogen-bond donors (Lipinski definition) is 2. The zero-order valence-electron chi connectivity index (χ0n) is 8.63. The van der Waals surface area contributed by atoms with Gasteiger partial charge in [-0.25, -0.2) is 4.98 Å². The minimum absolute atomic E-state index is 0.205. The molecule has 0 radical (unpaired) electrons. The predicted octanol–water partition coefficient (Wildman–Crippen LogP) is -0.136. The number of anilines is 1. The lowest BCUT2D eigenvalue weighted by molar-refractivity contribution is 0.569. The third-order valence-electron chi connectivity index (χ3n) is 2.04. The molecule has 7 heteroatoms. The molecule has 0 aliphatic heterocycles. The molecule has 0 aromatic carbocycles. The molecule has 0 spiro atoms. The molecule has 0 aliphatic carbocycles. The summed E-state index contributed by atoms with van der Waals surface area (Å²) in [5.74, 6) is 0.348. The minimum Gasteiger partial charge on any atom is -0.365 e. The van der Waals surface area contributed by atoms with E-state index in [0.29, 0.717) is 12.4 Å². The lowest BCUT2D eigenvalue weighted by Crippen LogP contribution is -2.17. The van der Waals surface area contributed by atoms with Crippen molar-refractivity contribution in [3.63, 3.8) is 0 Å². The van der Waals surface area contributed by atoms with Crippen LogP contribution in [0.2, 0.25) is 0 Å². The van der Waals surface area contributed by atoms with Crippen LogP contribution < -0.4 is 10.9 Å². The molecule has 16 heavy (non-hydrogen) atoms. The van der Waals surface area contributed by atoms with Gasteiger partial charge < -0.3 is 10.3 Å². The van der Waals surface area contributed by atoms with Crippen LogP contribution in [0.25, 0.3) is 0 Å². The van der Waals surface area contributed by atoms with Gasteiger partial charge in [-0.1, -0.05) is 5.21 Å². The Labute approximate surface area is 91.5 Å². The Kier molecular flexibility index (Phi) is 3.27. The van der Waals surface area contributed by atoms with E-state index in [9.17, 15) is 4.79 Å². The van der Waals surface area contributed by atoms with Crippen molar-refractivity contribution in [2.45, 2.75) is 13.0 Å². The summed E-state index contributed by atoms with van der Waals surface area (Å²) in [4.78, 5) is 17.7. The van der Waals surface area contributed by atoms with E-state index in [1.54, 1.807) is 23.3 Å². The van der Waals surface area contributed by atoms with Crippen LogP contribution in [0.15, 0.2) is 29.6 Å². The van der Waals surface area contributed by atoms with Gasteiger partial charge in [-0.2, -0.15) is 0 Å². The third kappa shape index (κ3) is 2.66. The normalized spacial score (nSPS) is 10.2. The SMILES string of the molecule is O=c1[nH]ccnc1NCCCn1ccnn1. The van der Waals surface area contributed by atoms with Crippen molar-refractivity contribution in [2.75, 3.05) is 11.9 Å². The topological polar surface area (TPSA) is 88.5 Å². The van der Waals surface area contributed by atoms with E-state index >= 15 is 0 Å². The molecule has 0 fully saturated rings. The van der Waals surface area contributed by atoms with Crippen molar-refractivity contribution >= 4 is 5.82 Å². The highest BCUT2D eigenvalue weighted by Crippen LogP contribution is 1.92. The molecule has 0 bridgehead atoms. The summed E-state index contributed by atoms with van der Waals surface area (Å²) in [6.07, 6.45) is 7.33. The molecule has 2 aromatic rings. The summed E-state index contributed by atoms with van der Waals surface area (Å²) in [6, 6.07) is 0.